The first kappa shape index (κ1) is 14.1. The van der Waals surface area contributed by atoms with Crippen LogP contribution in [-0.2, 0) is 9.84 Å². The van der Waals surface area contributed by atoms with Crippen LogP contribution in [-0.4, -0.2) is 18.6 Å². The van der Waals surface area contributed by atoms with Gasteiger partial charge >= 0.3 is 0 Å². The number of aryl methyl sites for hydroxylation is 1. The van der Waals surface area contributed by atoms with Crippen LogP contribution in [0.3, 0.4) is 0 Å². The first-order valence-electron chi connectivity index (χ1n) is 5.86. The van der Waals surface area contributed by atoms with Crippen molar-refractivity contribution < 1.29 is 18.6 Å². The molecule has 0 saturated carbocycles. The Hall–Kier alpha value is -2.27. The van der Waals surface area contributed by atoms with Crippen LogP contribution >= 0.6 is 0 Å². The second-order valence-electron chi connectivity index (χ2n) is 4.38. The fourth-order valence-electron chi connectivity index (χ4n) is 1.79. The molecule has 0 unspecified atom stereocenters. The van der Waals surface area contributed by atoms with Crippen LogP contribution in [0.2, 0.25) is 0 Å². The number of phenolic OH excluding ortho intramolecular Hbond substituents is 2. The van der Waals surface area contributed by atoms with Gasteiger partial charge in [-0.2, -0.15) is 0 Å². The summed E-state index contributed by atoms with van der Waals surface area (Å²) in [6.45, 7) is 5.15. The third kappa shape index (κ3) is 2.40. The zero-order valence-electron chi connectivity index (χ0n) is 10.9. The van der Waals surface area contributed by atoms with E-state index in [-0.39, 0.29) is 21.3 Å². The molecule has 5 heteroatoms. The summed E-state index contributed by atoms with van der Waals surface area (Å²) < 4.78 is 25.0. The van der Waals surface area contributed by atoms with Crippen molar-refractivity contribution in [1.29, 1.82) is 0 Å². The molecule has 0 bridgehead atoms. The van der Waals surface area contributed by atoms with Crippen molar-refractivity contribution in [3.8, 4) is 11.5 Å². The van der Waals surface area contributed by atoms with Gasteiger partial charge in [-0.15, -0.1) is 0 Å². The van der Waals surface area contributed by atoms with Crippen molar-refractivity contribution in [3.05, 3.63) is 54.1 Å². The van der Waals surface area contributed by atoms with E-state index in [0.29, 0.717) is 11.1 Å². The molecule has 4 nitrogen and oxygen atoms in total. The first-order valence-corrected chi connectivity index (χ1v) is 7.34. The summed E-state index contributed by atoms with van der Waals surface area (Å²) in [6, 6.07) is 8.11. The Morgan fingerprint density at radius 1 is 1.00 bits per heavy atom. The Labute approximate surface area is 117 Å². The van der Waals surface area contributed by atoms with Crippen LogP contribution < -0.4 is 0 Å². The first-order chi connectivity index (χ1) is 9.36. The minimum Gasteiger partial charge on any atom is -0.508 e. The summed E-state index contributed by atoms with van der Waals surface area (Å²) in [5, 5.41) is 19.0. The van der Waals surface area contributed by atoms with Crippen molar-refractivity contribution in [2.75, 3.05) is 0 Å². The van der Waals surface area contributed by atoms with E-state index in [2.05, 4.69) is 6.58 Å². The van der Waals surface area contributed by atoms with Crippen LogP contribution in [0.1, 0.15) is 11.1 Å². The molecule has 0 amide bonds. The molecular formula is C15H14O4S. The maximum atomic E-state index is 12.5. The fraction of sp³-hybridized carbons (Fsp3) is 0.0667. The van der Waals surface area contributed by atoms with Gasteiger partial charge in [0.05, 0.1) is 9.79 Å². The van der Waals surface area contributed by atoms with Crippen molar-refractivity contribution in [2.24, 2.45) is 0 Å². The zero-order valence-corrected chi connectivity index (χ0v) is 11.7. The van der Waals surface area contributed by atoms with Gasteiger partial charge in [-0.05, 0) is 48.9 Å². The highest BCUT2D eigenvalue weighted by Gasteiger charge is 2.19. The van der Waals surface area contributed by atoms with Gasteiger partial charge < -0.3 is 10.2 Å². The van der Waals surface area contributed by atoms with Crippen molar-refractivity contribution in [3.63, 3.8) is 0 Å². The van der Waals surface area contributed by atoms with Crippen LogP contribution in [0.4, 0.5) is 0 Å². The summed E-state index contributed by atoms with van der Waals surface area (Å²) >= 11 is 0. The molecule has 2 aromatic carbocycles. The van der Waals surface area contributed by atoms with E-state index >= 15 is 0 Å². The van der Waals surface area contributed by atoms with Crippen molar-refractivity contribution >= 4 is 15.9 Å². The SMILES string of the molecule is C=Cc1cc(S(=O)(=O)c2ccc(O)c(C)c2)ccc1O. The number of hydrogen-bond acceptors (Lipinski definition) is 4. The monoisotopic (exact) mass is 290 g/mol. The van der Waals surface area contributed by atoms with Gasteiger partial charge in [0.15, 0.2) is 0 Å². The number of hydrogen-bond donors (Lipinski definition) is 2. The van der Waals surface area contributed by atoms with E-state index in [9.17, 15) is 18.6 Å². The molecule has 2 rings (SSSR count). The number of rotatable bonds is 3. The lowest BCUT2D eigenvalue weighted by Gasteiger charge is -2.08. The van der Waals surface area contributed by atoms with Crippen LogP contribution in [0.15, 0.2) is 52.8 Å². The molecule has 0 radical (unpaired) electrons. The van der Waals surface area contributed by atoms with Crippen LogP contribution in [0.25, 0.3) is 6.08 Å². The topological polar surface area (TPSA) is 74.6 Å². The molecule has 104 valence electrons. The lowest BCUT2D eigenvalue weighted by Crippen LogP contribution is -2.02. The van der Waals surface area contributed by atoms with Crippen molar-refractivity contribution in [2.45, 2.75) is 16.7 Å². The Bertz CT molecular complexity index is 776. The molecule has 0 aliphatic rings. The highest BCUT2D eigenvalue weighted by atomic mass is 32.2. The van der Waals surface area contributed by atoms with Gasteiger partial charge in [-0.1, -0.05) is 12.7 Å². The van der Waals surface area contributed by atoms with Crippen molar-refractivity contribution in [1.82, 2.24) is 0 Å². The third-order valence-corrected chi connectivity index (χ3v) is 4.76. The predicted octanol–water partition coefficient (Wildman–Crippen LogP) is 2.88. The lowest BCUT2D eigenvalue weighted by molar-refractivity contribution is 0.470. The summed E-state index contributed by atoms with van der Waals surface area (Å²) in [6.07, 6.45) is 1.39. The molecular weight excluding hydrogens is 276 g/mol. The number of aromatic hydroxyl groups is 2. The highest BCUT2D eigenvalue weighted by molar-refractivity contribution is 7.91. The van der Waals surface area contributed by atoms with E-state index in [1.165, 1.54) is 42.5 Å². The van der Waals surface area contributed by atoms with Gasteiger partial charge in [0.2, 0.25) is 9.84 Å². The smallest absolute Gasteiger partial charge is 0.206 e. The van der Waals surface area contributed by atoms with E-state index in [1.807, 2.05) is 0 Å². The van der Waals surface area contributed by atoms with Crippen LogP contribution in [0.5, 0.6) is 11.5 Å². The Balaban J connectivity index is 2.60. The minimum atomic E-state index is -3.70. The maximum absolute atomic E-state index is 12.5. The molecule has 0 aliphatic heterocycles. The molecule has 0 atom stereocenters. The summed E-state index contributed by atoms with van der Waals surface area (Å²) in [4.78, 5) is 0.156. The molecule has 2 aromatic rings. The Morgan fingerprint density at radius 3 is 2.10 bits per heavy atom. The van der Waals surface area contributed by atoms with Crippen LogP contribution in [0, 0.1) is 6.92 Å². The summed E-state index contributed by atoms with van der Waals surface area (Å²) in [5.74, 6) is 0.0160. The Kier molecular flexibility index (Phi) is 3.55. The molecule has 0 spiro atoms. The Morgan fingerprint density at radius 2 is 1.55 bits per heavy atom. The molecule has 0 aromatic heterocycles. The predicted molar refractivity (Wildman–Crippen MR) is 76.5 cm³/mol. The van der Waals surface area contributed by atoms with E-state index in [4.69, 9.17) is 0 Å². The highest BCUT2D eigenvalue weighted by Crippen LogP contribution is 2.28. The maximum Gasteiger partial charge on any atom is 0.206 e. The lowest BCUT2D eigenvalue weighted by atomic mass is 10.2. The quantitative estimate of drug-likeness (QED) is 0.911. The third-order valence-electron chi connectivity index (χ3n) is 3.01. The zero-order chi connectivity index (χ0) is 14.9. The van der Waals surface area contributed by atoms with Gasteiger partial charge in [-0.3, -0.25) is 0 Å². The molecule has 2 N–H and O–H groups in total. The molecule has 0 saturated heterocycles. The van der Waals surface area contributed by atoms with Gasteiger partial charge in [0, 0.05) is 5.56 Å². The number of benzene rings is 2. The molecule has 0 aliphatic carbocycles. The largest absolute Gasteiger partial charge is 0.508 e. The molecule has 0 heterocycles. The van der Waals surface area contributed by atoms with Gasteiger partial charge in [0.25, 0.3) is 0 Å². The second kappa shape index (κ2) is 5.02. The number of phenols is 2. The summed E-state index contributed by atoms with van der Waals surface area (Å²) in [5.41, 5.74) is 0.829. The average Bonchev–Trinajstić information content (AvgIpc) is 2.42. The van der Waals surface area contributed by atoms with Gasteiger partial charge in [-0.25, -0.2) is 8.42 Å². The number of sulfone groups is 1. The van der Waals surface area contributed by atoms with Gasteiger partial charge in [0.1, 0.15) is 11.5 Å². The fourth-order valence-corrected chi connectivity index (χ4v) is 3.18. The molecule has 20 heavy (non-hydrogen) atoms. The summed E-state index contributed by atoms with van der Waals surface area (Å²) in [7, 11) is -3.70. The average molecular weight is 290 g/mol. The second-order valence-corrected chi connectivity index (χ2v) is 6.33. The normalized spacial score (nSPS) is 11.2. The standard InChI is InChI=1S/C15H14O4S/c1-3-11-9-13(5-7-15(11)17)20(18,19)12-4-6-14(16)10(2)8-12/h3-9,16-17H,1H2,2H3. The van der Waals surface area contributed by atoms with E-state index < -0.39 is 9.84 Å². The molecule has 0 fully saturated rings. The van der Waals surface area contributed by atoms with E-state index in [1.54, 1.807) is 6.92 Å². The van der Waals surface area contributed by atoms with E-state index in [0.717, 1.165) is 0 Å². The minimum absolute atomic E-state index is 0.0270.